The summed E-state index contributed by atoms with van der Waals surface area (Å²) in [5.41, 5.74) is 1.64. The largest absolute Gasteiger partial charge is 0.445 e. The predicted octanol–water partition coefficient (Wildman–Crippen LogP) is 7.34. The number of oxazole rings is 1. The average Bonchev–Trinajstić information content (AvgIpc) is 3.43. The highest BCUT2D eigenvalue weighted by Crippen LogP contribution is 2.58. The number of fused-ring (bicyclic) bond motifs is 6. The van der Waals surface area contributed by atoms with Crippen LogP contribution in [0.15, 0.2) is 17.0 Å². The molecule has 4 aliphatic carbocycles. The van der Waals surface area contributed by atoms with Crippen LogP contribution in [0.2, 0.25) is 0 Å². The van der Waals surface area contributed by atoms with Crippen LogP contribution in [-0.4, -0.2) is 35.1 Å². The maximum Gasteiger partial charge on any atom is 0.181 e. The van der Waals surface area contributed by atoms with E-state index in [-0.39, 0.29) is 5.60 Å². The Balaban J connectivity index is 0.000000139. The van der Waals surface area contributed by atoms with E-state index in [4.69, 9.17) is 9.15 Å². The standard InChI is InChI=1S/C16H29N.C13H19NO2/c1-14(2)15-6-9-16(10-7-15,11-8-15)17-12-4-3-5-13-17;1-10(2)12-3-5-13(6-4-12,16-8-12)11-7-14-9-15-11/h14H,3-13H2,1-2H3;7,9-10H,3-6,8H2,1-2H3. The molecule has 4 heteroatoms. The maximum absolute atomic E-state index is 6.14. The molecule has 0 amide bonds. The van der Waals surface area contributed by atoms with E-state index >= 15 is 0 Å². The van der Waals surface area contributed by atoms with E-state index in [1.165, 1.54) is 90.1 Å². The molecule has 0 atom stereocenters. The van der Waals surface area contributed by atoms with E-state index in [1.54, 1.807) is 0 Å². The molecule has 1 aromatic heterocycles. The molecule has 4 nitrogen and oxygen atoms in total. The molecule has 4 bridgehead atoms. The van der Waals surface area contributed by atoms with Crippen LogP contribution in [0.4, 0.5) is 0 Å². The summed E-state index contributed by atoms with van der Waals surface area (Å²) in [6, 6.07) is 0. The summed E-state index contributed by atoms with van der Waals surface area (Å²) in [5.74, 6) is 2.53. The zero-order chi connectivity index (χ0) is 23.2. The molecule has 7 fully saturated rings. The van der Waals surface area contributed by atoms with Gasteiger partial charge in [-0.1, -0.05) is 34.1 Å². The molecule has 8 rings (SSSR count). The number of ether oxygens (including phenoxy) is 1. The monoisotopic (exact) mass is 456 g/mol. The van der Waals surface area contributed by atoms with E-state index in [2.05, 4.69) is 37.6 Å². The number of likely N-dealkylation sites (tertiary alicyclic amines) is 1. The van der Waals surface area contributed by atoms with Gasteiger partial charge >= 0.3 is 0 Å². The van der Waals surface area contributed by atoms with Crippen LogP contribution < -0.4 is 0 Å². The van der Waals surface area contributed by atoms with Crippen LogP contribution in [0.3, 0.4) is 0 Å². The molecule has 0 radical (unpaired) electrons. The van der Waals surface area contributed by atoms with Gasteiger partial charge in [0.2, 0.25) is 0 Å². The molecule has 33 heavy (non-hydrogen) atoms. The Labute approximate surface area is 202 Å². The molecule has 3 saturated heterocycles. The summed E-state index contributed by atoms with van der Waals surface area (Å²) in [4.78, 5) is 6.90. The van der Waals surface area contributed by atoms with Crippen molar-refractivity contribution in [2.24, 2.45) is 22.7 Å². The van der Waals surface area contributed by atoms with Crippen LogP contribution in [0.25, 0.3) is 0 Å². The van der Waals surface area contributed by atoms with Gasteiger partial charge in [0.1, 0.15) is 5.60 Å². The molecule has 0 unspecified atom stereocenters. The highest BCUT2D eigenvalue weighted by molar-refractivity contribution is 5.12. The molecule has 0 spiro atoms. The number of piperidine rings is 1. The van der Waals surface area contributed by atoms with Gasteiger partial charge in [-0.15, -0.1) is 0 Å². The van der Waals surface area contributed by atoms with Crippen LogP contribution in [0.1, 0.15) is 117 Å². The van der Waals surface area contributed by atoms with Gasteiger partial charge in [-0.2, -0.15) is 0 Å². The second kappa shape index (κ2) is 8.97. The van der Waals surface area contributed by atoms with Crippen molar-refractivity contribution in [3.05, 3.63) is 18.4 Å². The number of hydrogen-bond acceptors (Lipinski definition) is 4. The molecule has 0 N–H and O–H groups in total. The zero-order valence-electron chi connectivity index (χ0n) is 21.8. The number of nitrogens with zero attached hydrogens (tertiary/aromatic N) is 2. The second-order valence-corrected chi connectivity index (χ2v) is 13.0. The van der Waals surface area contributed by atoms with Gasteiger partial charge in [-0.25, -0.2) is 4.98 Å². The SMILES string of the molecule is CC(C)C12CCC(N3CCCCC3)(CC1)CC2.CC(C)C12CCC(c3cnco3)(CC1)OC2. The predicted molar refractivity (Wildman–Crippen MR) is 133 cm³/mol. The molecule has 4 saturated carbocycles. The fraction of sp³-hybridized carbons (Fsp3) is 0.897. The lowest BCUT2D eigenvalue weighted by Crippen LogP contribution is -2.58. The van der Waals surface area contributed by atoms with E-state index < -0.39 is 0 Å². The minimum Gasteiger partial charge on any atom is -0.445 e. The lowest BCUT2D eigenvalue weighted by molar-refractivity contribution is -0.209. The zero-order valence-corrected chi connectivity index (χ0v) is 21.8. The molecule has 1 aromatic rings. The first kappa shape index (κ1) is 23.9. The summed E-state index contributed by atoms with van der Waals surface area (Å²) in [6.07, 6.45) is 21.4. The molecular weight excluding hydrogens is 408 g/mol. The smallest absolute Gasteiger partial charge is 0.181 e. The van der Waals surface area contributed by atoms with Crippen LogP contribution in [0.5, 0.6) is 0 Å². The Morgan fingerprint density at radius 2 is 1.33 bits per heavy atom. The molecule has 186 valence electrons. The van der Waals surface area contributed by atoms with Crippen molar-refractivity contribution in [2.75, 3.05) is 19.7 Å². The quantitative estimate of drug-likeness (QED) is 0.475. The van der Waals surface area contributed by atoms with Crippen molar-refractivity contribution in [1.82, 2.24) is 9.88 Å². The Hall–Kier alpha value is -0.870. The van der Waals surface area contributed by atoms with Gasteiger partial charge in [0.25, 0.3) is 0 Å². The number of aromatic nitrogens is 1. The number of hydrogen-bond donors (Lipinski definition) is 0. The highest BCUT2D eigenvalue weighted by Gasteiger charge is 2.53. The molecule has 4 heterocycles. The summed E-state index contributed by atoms with van der Waals surface area (Å²) in [7, 11) is 0. The van der Waals surface area contributed by atoms with E-state index in [1.807, 2.05) is 6.20 Å². The summed E-state index contributed by atoms with van der Waals surface area (Å²) in [5, 5.41) is 0. The number of rotatable bonds is 4. The van der Waals surface area contributed by atoms with Gasteiger partial charge in [-0.3, -0.25) is 4.90 Å². The first-order chi connectivity index (χ1) is 15.8. The van der Waals surface area contributed by atoms with Crippen molar-refractivity contribution in [3.8, 4) is 0 Å². The third-order valence-corrected chi connectivity index (χ3v) is 11.3. The van der Waals surface area contributed by atoms with Crippen molar-refractivity contribution in [3.63, 3.8) is 0 Å². The van der Waals surface area contributed by atoms with Crippen molar-refractivity contribution in [2.45, 2.75) is 122 Å². The van der Waals surface area contributed by atoms with Gasteiger partial charge in [0.05, 0.1) is 12.8 Å². The third kappa shape index (κ3) is 4.11. The first-order valence-electron chi connectivity index (χ1n) is 14.1. The fourth-order valence-corrected chi connectivity index (χ4v) is 8.13. The van der Waals surface area contributed by atoms with Crippen molar-refractivity contribution < 1.29 is 9.15 Å². The third-order valence-electron chi connectivity index (χ3n) is 11.3. The minimum atomic E-state index is -0.160. The maximum atomic E-state index is 6.14. The van der Waals surface area contributed by atoms with Crippen LogP contribution in [-0.2, 0) is 10.3 Å². The van der Waals surface area contributed by atoms with E-state index in [9.17, 15) is 0 Å². The molecule has 0 aromatic carbocycles. The second-order valence-electron chi connectivity index (χ2n) is 13.0. The Morgan fingerprint density at radius 3 is 1.79 bits per heavy atom. The molecular formula is C29H48N2O2. The Kier molecular flexibility index (Phi) is 6.48. The minimum absolute atomic E-state index is 0.160. The van der Waals surface area contributed by atoms with Gasteiger partial charge in [0.15, 0.2) is 12.2 Å². The van der Waals surface area contributed by atoms with Crippen molar-refractivity contribution >= 4 is 0 Å². The van der Waals surface area contributed by atoms with Gasteiger partial charge in [-0.05, 0) is 113 Å². The molecule has 7 aliphatic rings. The molecule has 3 aliphatic heterocycles. The average molecular weight is 457 g/mol. The highest BCUT2D eigenvalue weighted by atomic mass is 16.5. The van der Waals surface area contributed by atoms with E-state index in [0.717, 1.165) is 36.5 Å². The first-order valence-corrected chi connectivity index (χ1v) is 14.1. The summed E-state index contributed by atoms with van der Waals surface area (Å²) in [6.45, 7) is 13.2. The lowest BCUT2D eigenvalue weighted by Gasteiger charge is -2.60. The van der Waals surface area contributed by atoms with Crippen LogP contribution in [0, 0.1) is 22.7 Å². The fourth-order valence-electron chi connectivity index (χ4n) is 8.13. The Morgan fingerprint density at radius 1 is 0.758 bits per heavy atom. The topological polar surface area (TPSA) is 38.5 Å². The summed E-state index contributed by atoms with van der Waals surface area (Å²) < 4.78 is 11.6. The lowest BCUT2D eigenvalue weighted by atomic mass is 9.53. The van der Waals surface area contributed by atoms with Gasteiger partial charge < -0.3 is 9.15 Å². The normalized spacial score (nSPS) is 40.8. The van der Waals surface area contributed by atoms with Crippen LogP contribution >= 0.6 is 0 Å². The van der Waals surface area contributed by atoms with Crippen molar-refractivity contribution in [1.29, 1.82) is 0 Å². The van der Waals surface area contributed by atoms with E-state index in [0.29, 0.717) is 16.9 Å². The van der Waals surface area contributed by atoms with Gasteiger partial charge in [0, 0.05) is 5.54 Å². The summed E-state index contributed by atoms with van der Waals surface area (Å²) >= 11 is 0. The Bertz CT molecular complexity index is 728.